The number of carbonyl (C=O) groups is 1. The summed E-state index contributed by atoms with van der Waals surface area (Å²) in [7, 11) is 0. The number of nitrogens with one attached hydrogen (secondary N) is 1. The van der Waals surface area contributed by atoms with E-state index in [1.165, 1.54) is 11.8 Å². The average molecular weight is 481 g/mol. The molecule has 0 unspecified atom stereocenters. The van der Waals surface area contributed by atoms with Crippen molar-refractivity contribution in [1.82, 2.24) is 9.99 Å². The first-order valence-corrected chi connectivity index (χ1v) is 11.2. The molecule has 1 heterocycles. The minimum atomic E-state index is -0.302. The van der Waals surface area contributed by atoms with E-state index < -0.39 is 0 Å². The highest BCUT2D eigenvalue weighted by atomic mass is 35.5. The minimum absolute atomic E-state index is 0.180. The summed E-state index contributed by atoms with van der Waals surface area (Å²) in [5.74, 6) is -0.180. The average Bonchev–Trinajstić information content (AvgIpc) is 2.97. The predicted molar refractivity (Wildman–Crippen MR) is 128 cm³/mol. The highest BCUT2D eigenvalue weighted by Crippen LogP contribution is 2.28. The van der Waals surface area contributed by atoms with E-state index in [1.807, 2.05) is 49.6 Å². The summed E-state index contributed by atoms with van der Waals surface area (Å²) in [6.45, 7) is 5.79. The van der Waals surface area contributed by atoms with Crippen molar-refractivity contribution in [3.05, 3.63) is 80.6 Å². The number of halogens is 3. The summed E-state index contributed by atoms with van der Waals surface area (Å²) in [6, 6.07) is 14.8. The molecule has 8 heteroatoms. The summed E-state index contributed by atoms with van der Waals surface area (Å²) >= 11 is 19.7. The SMILES string of the molecule is Cc1cc(/C=N\NC(=O)[C@@H](C)Sc2ccc(Cl)cc2)c(C)n1-c1ccc(Cl)cc1Cl. The fourth-order valence-electron chi connectivity index (χ4n) is 2.98. The molecule has 0 radical (unpaired) electrons. The van der Waals surface area contributed by atoms with E-state index in [0.717, 1.165) is 27.5 Å². The monoisotopic (exact) mass is 479 g/mol. The van der Waals surface area contributed by atoms with E-state index >= 15 is 0 Å². The molecule has 1 atom stereocenters. The van der Waals surface area contributed by atoms with Gasteiger partial charge in [0, 0.05) is 31.9 Å². The maximum atomic E-state index is 12.4. The lowest BCUT2D eigenvalue weighted by Crippen LogP contribution is -2.26. The van der Waals surface area contributed by atoms with Crippen LogP contribution in [0.5, 0.6) is 0 Å². The number of aryl methyl sites for hydroxylation is 1. The maximum absolute atomic E-state index is 12.4. The molecule has 0 bridgehead atoms. The topological polar surface area (TPSA) is 46.4 Å². The van der Waals surface area contributed by atoms with Gasteiger partial charge < -0.3 is 4.57 Å². The van der Waals surface area contributed by atoms with Gasteiger partial charge in [0.25, 0.3) is 5.91 Å². The number of hydrogen-bond donors (Lipinski definition) is 1. The quantitative estimate of drug-likeness (QED) is 0.243. The Labute approximate surface area is 195 Å². The smallest absolute Gasteiger partial charge is 0.253 e. The Morgan fingerprint density at radius 2 is 1.73 bits per heavy atom. The summed E-state index contributed by atoms with van der Waals surface area (Å²) in [6.07, 6.45) is 1.64. The summed E-state index contributed by atoms with van der Waals surface area (Å²) in [5, 5.41) is 5.65. The van der Waals surface area contributed by atoms with Crippen LogP contribution in [0.1, 0.15) is 23.9 Å². The predicted octanol–water partition coefficient (Wildman–Crippen LogP) is 6.69. The third-order valence-corrected chi connectivity index (χ3v) is 6.40. The highest BCUT2D eigenvalue weighted by Gasteiger charge is 2.15. The van der Waals surface area contributed by atoms with Gasteiger partial charge in [-0.25, -0.2) is 5.43 Å². The fourth-order valence-corrected chi connectivity index (χ4v) is 4.46. The molecule has 0 saturated heterocycles. The van der Waals surface area contributed by atoms with E-state index in [-0.39, 0.29) is 11.2 Å². The zero-order valence-corrected chi connectivity index (χ0v) is 19.7. The van der Waals surface area contributed by atoms with Gasteiger partial charge in [0.15, 0.2) is 0 Å². The number of carbonyl (C=O) groups excluding carboxylic acids is 1. The lowest BCUT2D eigenvalue weighted by Gasteiger charge is -2.12. The summed E-state index contributed by atoms with van der Waals surface area (Å²) < 4.78 is 2.03. The lowest BCUT2D eigenvalue weighted by atomic mass is 10.2. The van der Waals surface area contributed by atoms with Crippen molar-refractivity contribution in [3.8, 4) is 5.69 Å². The second kappa shape index (κ2) is 9.92. The number of hydrogen-bond acceptors (Lipinski definition) is 3. The molecule has 0 fully saturated rings. The van der Waals surface area contributed by atoms with E-state index in [4.69, 9.17) is 34.8 Å². The molecule has 3 aromatic rings. The number of rotatable bonds is 6. The van der Waals surface area contributed by atoms with Gasteiger partial charge in [-0.1, -0.05) is 34.8 Å². The molecule has 156 valence electrons. The van der Waals surface area contributed by atoms with Crippen LogP contribution in [0.15, 0.2) is 58.5 Å². The second-order valence-electron chi connectivity index (χ2n) is 6.71. The van der Waals surface area contributed by atoms with Crippen LogP contribution in [0.4, 0.5) is 0 Å². The Hall–Kier alpha value is -1.92. The number of nitrogens with zero attached hydrogens (tertiary/aromatic N) is 2. The van der Waals surface area contributed by atoms with E-state index in [1.54, 1.807) is 30.5 Å². The highest BCUT2D eigenvalue weighted by molar-refractivity contribution is 8.00. The van der Waals surface area contributed by atoms with Gasteiger partial charge >= 0.3 is 0 Å². The number of aromatic nitrogens is 1. The van der Waals surface area contributed by atoms with Gasteiger partial charge in [0.05, 0.1) is 22.2 Å². The maximum Gasteiger partial charge on any atom is 0.253 e. The summed E-state index contributed by atoms with van der Waals surface area (Å²) in [4.78, 5) is 13.3. The molecule has 30 heavy (non-hydrogen) atoms. The van der Waals surface area contributed by atoms with Crippen molar-refractivity contribution in [3.63, 3.8) is 0 Å². The molecule has 1 amide bonds. The van der Waals surface area contributed by atoms with Gasteiger partial charge in [0.2, 0.25) is 0 Å². The van der Waals surface area contributed by atoms with Gasteiger partial charge in [0.1, 0.15) is 0 Å². The van der Waals surface area contributed by atoms with Crippen LogP contribution in [-0.4, -0.2) is 21.9 Å². The Kier molecular flexibility index (Phi) is 7.53. The third kappa shape index (κ3) is 5.41. The van der Waals surface area contributed by atoms with Crippen LogP contribution in [0.2, 0.25) is 15.1 Å². The number of benzene rings is 2. The molecule has 1 aromatic heterocycles. The normalized spacial score (nSPS) is 12.3. The van der Waals surface area contributed by atoms with E-state index in [9.17, 15) is 4.79 Å². The molecule has 2 aromatic carbocycles. The molecular weight excluding hydrogens is 461 g/mol. The zero-order chi connectivity index (χ0) is 21.8. The first-order valence-electron chi connectivity index (χ1n) is 9.15. The van der Waals surface area contributed by atoms with Crippen molar-refractivity contribution in [2.75, 3.05) is 0 Å². The van der Waals surface area contributed by atoms with Crippen molar-refractivity contribution in [1.29, 1.82) is 0 Å². The van der Waals surface area contributed by atoms with Gasteiger partial charge in [-0.05, 0) is 69.3 Å². The second-order valence-corrected chi connectivity index (χ2v) is 9.40. The minimum Gasteiger partial charge on any atom is -0.316 e. The standard InChI is InChI=1S/C22H20Cl3N3OS/c1-13-10-16(14(2)28(13)21-9-6-18(24)11-20(21)25)12-26-27-22(29)15(3)30-19-7-4-17(23)5-8-19/h4-12,15H,1-3H3,(H,27,29)/b26-12-/t15-/m1/s1. The first kappa shape index (κ1) is 22.8. The first-order chi connectivity index (χ1) is 14.3. The van der Waals surface area contributed by atoms with Gasteiger partial charge in [-0.2, -0.15) is 5.10 Å². The number of amides is 1. The van der Waals surface area contributed by atoms with Crippen LogP contribution in [0.3, 0.4) is 0 Å². The molecule has 3 rings (SSSR count). The van der Waals surface area contributed by atoms with Crippen molar-refractivity contribution in [2.24, 2.45) is 5.10 Å². The molecule has 0 aliphatic heterocycles. The van der Waals surface area contributed by atoms with Crippen LogP contribution in [-0.2, 0) is 4.79 Å². The number of thioether (sulfide) groups is 1. The Morgan fingerprint density at radius 3 is 2.40 bits per heavy atom. The number of hydrazone groups is 1. The molecular formula is C22H20Cl3N3OS. The fraction of sp³-hybridized carbons (Fsp3) is 0.182. The van der Waals surface area contributed by atoms with Crippen LogP contribution in [0, 0.1) is 13.8 Å². The zero-order valence-electron chi connectivity index (χ0n) is 16.6. The molecule has 0 spiro atoms. The van der Waals surface area contributed by atoms with E-state index in [0.29, 0.717) is 15.1 Å². The van der Waals surface area contributed by atoms with E-state index in [2.05, 4.69) is 10.5 Å². The van der Waals surface area contributed by atoms with Crippen molar-refractivity contribution < 1.29 is 4.79 Å². The van der Waals surface area contributed by atoms with Crippen LogP contribution < -0.4 is 5.43 Å². The molecule has 0 aliphatic carbocycles. The summed E-state index contributed by atoms with van der Waals surface area (Å²) in [5.41, 5.74) is 6.29. The largest absolute Gasteiger partial charge is 0.316 e. The third-order valence-electron chi connectivity index (χ3n) is 4.50. The Morgan fingerprint density at radius 1 is 1.07 bits per heavy atom. The van der Waals surface area contributed by atoms with Gasteiger partial charge in [-0.3, -0.25) is 4.79 Å². The molecule has 4 nitrogen and oxygen atoms in total. The van der Waals surface area contributed by atoms with Crippen molar-refractivity contribution in [2.45, 2.75) is 30.9 Å². The Bertz CT molecular complexity index is 1090. The lowest BCUT2D eigenvalue weighted by molar-refractivity contribution is -0.120. The molecule has 0 saturated carbocycles. The van der Waals surface area contributed by atoms with Crippen LogP contribution in [0.25, 0.3) is 5.69 Å². The molecule has 0 aliphatic rings. The Balaban J connectivity index is 1.69. The van der Waals surface area contributed by atoms with Crippen molar-refractivity contribution >= 4 is 58.7 Å². The van der Waals surface area contributed by atoms with Gasteiger partial charge in [-0.15, -0.1) is 11.8 Å². The van der Waals surface area contributed by atoms with Crippen LogP contribution >= 0.6 is 46.6 Å². The molecule has 1 N–H and O–H groups in total.